The Morgan fingerprint density at radius 2 is 2.36 bits per heavy atom. The fourth-order valence-corrected chi connectivity index (χ4v) is 1.67. The van der Waals surface area contributed by atoms with Crippen LogP contribution in [0.25, 0.3) is 0 Å². The monoisotopic (exact) mass is 193 g/mol. The van der Waals surface area contributed by atoms with E-state index in [0.717, 1.165) is 18.2 Å². The molecular formula is C11H19N3. The molecule has 0 radical (unpaired) electrons. The van der Waals surface area contributed by atoms with Gasteiger partial charge >= 0.3 is 0 Å². The Morgan fingerprint density at radius 3 is 2.86 bits per heavy atom. The summed E-state index contributed by atoms with van der Waals surface area (Å²) in [5.41, 5.74) is 1.16. The highest BCUT2D eigenvalue weighted by Gasteiger charge is 2.16. The molecule has 0 saturated heterocycles. The highest BCUT2D eigenvalue weighted by Crippen LogP contribution is 2.26. The molecule has 0 atom stereocenters. The molecule has 0 aromatic carbocycles. The van der Waals surface area contributed by atoms with Gasteiger partial charge in [-0.3, -0.25) is 4.68 Å². The molecule has 0 unspecified atom stereocenters. The van der Waals surface area contributed by atoms with E-state index in [1.54, 1.807) is 0 Å². The van der Waals surface area contributed by atoms with Crippen molar-refractivity contribution in [3.05, 3.63) is 12.4 Å². The van der Waals surface area contributed by atoms with Crippen molar-refractivity contribution in [3.8, 4) is 0 Å². The normalized spacial score (nSPS) is 17.1. The number of nitrogens with zero attached hydrogens (tertiary/aromatic N) is 2. The smallest absolute Gasteiger partial charge is 0.0726 e. The molecular weight excluding hydrogens is 174 g/mol. The summed E-state index contributed by atoms with van der Waals surface area (Å²) < 4.78 is 1.99. The lowest BCUT2D eigenvalue weighted by molar-refractivity contribution is 0.333. The van der Waals surface area contributed by atoms with Crippen LogP contribution in [-0.4, -0.2) is 16.3 Å². The quantitative estimate of drug-likeness (QED) is 0.796. The third-order valence-electron chi connectivity index (χ3n) is 2.95. The van der Waals surface area contributed by atoms with Gasteiger partial charge in [-0.15, -0.1) is 0 Å². The van der Waals surface area contributed by atoms with E-state index in [4.69, 9.17) is 0 Å². The predicted molar refractivity (Wildman–Crippen MR) is 58.4 cm³/mol. The van der Waals surface area contributed by atoms with Crippen LogP contribution >= 0.6 is 0 Å². The number of hydrogen-bond donors (Lipinski definition) is 1. The molecule has 1 heterocycles. The molecule has 1 aromatic heterocycles. The molecule has 0 bridgehead atoms. The largest absolute Gasteiger partial charge is 0.382 e. The van der Waals surface area contributed by atoms with Gasteiger partial charge in [0.05, 0.1) is 11.9 Å². The van der Waals surface area contributed by atoms with Crippen molar-refractivity contribution >= 4 is 5.69 Å². The van der Waals surface area contributed by atoms with Gasteiger partial charge in [-0.2, -0.15) is 5.10 Å². The lowest BCUT2D eigenvalue weighted by Crippen LogP contribution is -2.20. The standard InChI is InChI=1S/C11H19N3/c1-9(2)14-8-11(7-13-14)12-6-10-4-3-5-10/h7-10,12H,3-6H2,1-2H3. The summed E-state index contributed by atoms with van der Waals surface area (Å²) in [6, 6.07) is 0.453. The zero-order valence-electron chi connectivity index (χ0n) is 9.03. The van der Waals surface area contributed by atoms with Gasteiger partial charge in [0.15, 0.2) is 0 Å². The summed E-state index contributed by atoms with van der Waals surface area (Å²) in [5.74, 6) is 0.900. The molecule has 1 saturated carbocycles. The first-order valence-electron chi connectivity index (χ1n) is 5.53. The predicted octanol–water partition coefficient (Wildman–Crippen LogP) is 2.68. The first-order chi connectivity index (χ1) is 6.75. The van der Waals surface area contributed by atoms with E-state index in [0.29, 0.717) is 6.04 Å². The maximum atomic E-state index is 4.29. The van der Waals surface area contributed by atoms with Gasteiger partial charge in [-0.05, 0) is 32.6 Å². The second-order valence-electron chi connectivity index (χ2n) is 4.48. The van der Waals surface area contributed by atoms with Crippen molar-refractivity contribution < 1.29 is 0 Å². The Kier molecular flexibility index (Phi) is 2.75. The highest BCUT2D eigenvalue weighted by atomic mass is 15.3. The first-order valence-corrected chi connectivity index (χ1v) is 5.53. The third kappa shape index (κ3) is 2.08. The van der Waals surface area contributed by atoms with Crippen molar-refractivity contribution in [2.45, 2.75) is 39.2 Å². The second-order valence-corrected chi connectivity index (χ2v) is 4.48. The van der Waals surface area contributed by atoms with Gasteiger partial charge in [-0.25, -0.2) is 0 Å². The zero-order chi connectivity index (χ0) is 9.97. The van der Waals surface area contributed by atoms with E-state index in [1.165, 1.54) is 19.3 Å². The van der Waals surface area contributed by atoms with Gasteiger partial charge in [-0.1, -0.05) is 6.42 Å². The molecule has 3 nitrogen and oxygen atoms in total. The van der Waals surface area contributed by atoms with Crippen molar-refractivity contribution in [2.24, 2.45) is 5.92 Å². The minimum Gasteiger partial charge on any atom is -0.382 e. The Hall–Kier alpha value is -0.990. The summed E-state index contributed by atoms with van der Waals surface area (Å²) in [6.45, 7) is 5.40. The first kappa shape index (κ1) is 9.56. The van der Waals surface area contributed by atoms with E-state index < -0.39 is 0 Å². The molecule has 3 heteroatoms. The van der Waals surface area contributed by atoms with Crippen LogP contribution in [0.5, 0.6) is 0 Å². The maximum absolute atomic E-state index is 4.29. The molecule has 1 aliphatic rings. The maximum Gasteiger partial charge on any atom is 0.0726 e. The summed E-state index contributed by atoms with van der Waals surface area (Å²) in [6.07, 6.45) is 8.20. The number of rotatable bonds is 4. The topological polar surface area (TPSA) is 29.9 Å². The van der Waals surface area contributed by atoms with Crippen molar-refractivity contribution in [1.82, 2.24) is 9.78 Å². The van der Waals surface area contributed by atoms with Crippen molar-refractivity contribution in [3.63, 3.8) is 0 Å². The van der Waals surface area contributed by atoms with Gasteiger partial charge < -0.3 is 5.32 Å². The van der Waals surface area contributed by atoms with Crippen LogP contribution in [0, 0.1) is 5.92 Å². The molecule has 78 valence electrons. The number of nitrogens with one attached hydrogen (secondary N) is 1. The average molecular weight is 193 g/mol. The van der Waals surface area contributed by atoms with Gasteiger partial charge in [0.1, 0.15) is 0 Å². The lowest BCUT2D eigenvalue weighted by atomic mass is 9.85. The molecule has 0 aliphatic heterocycles. The fourth-order valence-electron chi connectivity index (χ4n) is 1.67. The van der Waals surface area contributed by atoms with E-state index >= 15 is 0 Å². The summed E-state index contributed by atoms with van der Waals surface area (Å²) in [4.78, 5) is 0. The lowest BCUT2D eigenvalue weighted by Gasteiger charge is -2.25. The van der Waals surface area contributed by atoms with Gasteiger partial charge in [0.2, 0.25) is 0 Å². The van der Waals surface area contributed by atoms with Crippen LogP contribution in [0.15, 0.2) is 12.4 Å². The summed E-state index contributed by atoms with van der Waals surface area (Å²) in [7, 11) is 0. The molecule has 2 rings (SSSR count). The van der Waals surface area contributed by atoms with Gasteiger partial charge in [0.25, 0.3) is 0 Å². The van der Waals surface area contributed by atoms with E-state index in [1.807, 2.05) is 10.9 Å². The molecule has 14 heavy (non-hydrogen) atoms. The molecule has 1 N–H and O–H groups in total. The minimum absolute atomic E-state index is 0.453. The van der Waals surface area contributed by atoms with Crippen LogP contribution in [-0.2, 0) is 0 Å². The number of anilines is 1. The van der Waals surface area contributed by atoms with E-state index in [2.05, 4.69) is 30.5 Å². The molecule has 1 aromatic rings. The molecule has 1 aliphatic carbocycles. The Balaban J connectivity index is 1.83. The van der Waals surface area contributed by atoms with Crippen LogP contribution in [0.3, 0.4) is 0 Å². The SMILES string of the molecule is CC(C)n1cc(NCC2CCC2)cn1. The fraction of sp³-hybridized carbons (Fsp3) is 0.727. The van der Waals surface area contributed by atoms with Crippen LogP contribution in [0.2, 0.25) is 0 Å². The Bertz CT molecular complexity index is 286. The average Bonchev–Trinajstić information content (AvgIpc) is 2.50. The second kappa shape index (κ2) is 4.03. The molecule has 1 fully saturated rings. The highest BCUT2D eigenvalue weighted by molar-refractivity contribution is 5.38. The number of hydrogen-bond acceptors (Lipinski definition) is 2. The minimum atomic E-state index is 0.453. The van der Waals surface area contributed by atoms with Crippen LogP contribution < -0.4 is 5.32 Å². The van der Waals surface area contributed by atoms with Crippen molar-refractivity contribution in [1.29, 1.82) is 0 Å². The Morgan fingerprint density at radius 1 is 1.57 bits per heavy atom. The van der Waals surface area contributed by atoms with Crippen molar-refractivity contribution in [2.75, 3.05) is 11.9 Å². The third-order valence-corrected chi connectivity index (χ3v) is 2.95. The van der Waals surface area contributed by atoms with Crippen LogP contribution in [0.1, 0.15) is 39.2 Å². The molecule has 0 amide bonds. The number of aromatic nitrogens is 2. The van der Waals surface area contributed by atoms with Crippen LogP contribution in [0.4, 0.5) is 5.69 Å². The Labute approximate surface area is 85.5 Å². The zero-order valence-corrected chi connectivity index (χ0v) is 9.03. The van der Waals surface area contributed by atoms with Gasteiger partial charge in [0, 0.05) is 18.8 Å². The summed E-state index contributed by atoms with van der Waals surface area (Å²) in [5, 5.41) is 7.73. The van der Waals surface area contributed by atoms with E-state index in [9.17, 15) is 0 Å². The summed E-state index contributed by atoms with van der Waals surface area (Å²) >= 11 is 0. The van der Waals surface area contributed by atoms with E-state index in [-0.39, 0.29) is 0 Å². The molecule has 0 spiro atoms.